The van der Waals surface area contributed by atoms with E-state index in [-0.39, 0.29) is 29.9 Å². The van der Waals surface area contributed by atoms with Gasteiger partial charge in [0.25, 0.3) is 0 Å². The number of hydrogen-bond acceptors (Lipinski definition) is 4. The average molecular weight is 401 g/mol. The minimum absolute atomic E-state index is 0.121. The van der Waals surface area contributed by atoms with Crippen molar-refractivity contribution in [1.29, 1.82) is 0 Å². The third-order valence-corrected chi connectivity index (χ3v) is 6.66. The van der Waals surface area contributed by atoms with Gasteiger partial charge in [-0.15, -0.1) is 0 Å². The van der Waals surface area contributed by atoms with Gasteiger partial charge in [-0.1, -0.05) is 29.8 Å². The van der Waals surface area contributed by atoms with Gasteiger partial charge in [0.2, 0.25) is 11.8 Å². The summed E-state index contributed by atoms with van der Waals surface area (Å²) in [4.78, 5) is 31.9. The summed E-state index contributed by atoms with van der Waals surface area (Å²) in [6, 6.07) is 8.86. The molecule has 1 aromatic rings. The van der Waals surface area contributed by atoms with Crippen LogP contribution < -0.4 is 5.32 Å². The molecular weight excluding hydrogens is 364 g/mol. The monoisotopic (exact) mass is 400 g/mol. The van der Waals surface area contributed by atoms with Crippen LogP contribution in [0.3, 0.4) is 0 Å². The molecular formula is C23H36N4O2. The van der Waals surface area contributed by atoms with Crippen molar-refractivity contribution in [3.63, 3.8) is 0 Å². The quantitative estimate of drug-likeness (QED) is 0.761. The predicted octanol–water partition coefficient (Wildman–Crippen LogP) is 2.02. The summed E-state index contributed by atoms with van der Waals surface area (Å²) < 4.78 is 0. The molecule has 160 valence electrons. The van der Waals surface area contributed by atoms with Gasteiger partial charge < -0.3 is 10.2 Å². The highest BCUT2D eigenvalue weighted by molar-refractivity contribution is 5.83. The van der Waals surface area contributed by atoms with Crippen LogP contribution in [0.4, 0.5) is 0 Å². The maximum atomic E-state index is 12.9. The Balaban J connectivity index is 1.64. The largest absolute Gasteiger partial charge is 0.353 e. The molecule has 6 heteroatoms. The highest BCUT2D eigenvalue weighted by Crippen LogP contribution is 2.28. The first kappa shape index (κ1) is 21.8. The Kier molecular flexibility index (Phi) is 7.30. The zero-order valence-electron chi connectivity index (χ0n) is 18.4. The first-order chi connectivity index (χ1) is 13.9. The number of hydrogen-bond donors (Lipinski definition) is 1. The van der Waals surface area contributed by atoms with Gasteiger partial charge in [0, 0.05) is 51.2 Å². The highest BCUT2D eigenvalue weighted by atomic mass is 16.2. The number of likely N-dealkylation sites (tertiary alicyclic amines) is 1. The lowest BCUT2D eigenvalue weighted by Gasteiger charge is -2.33. The van der Waals surface area contributed by atoms with Crippen LogP contribution in [0.1, 0.15) is 44.2 Å². The number of rotatable bonds is 7. The molecule has 2 aliphatic rings. The molecule has 2 aliphatic heterocycles. The van der Waals surface area contributed by atoms with Crippen molar-refractivity contribution >= 4 is 11.8 Å². The Morgan fingerprint density at radius 2 is 1.90 bits per heavy atom. The van der Waals surface area contributed by atoms with Crippen molar-refractivity contribution < 1.29 is 9.59 Å². The number of nitrogens with zero attached hydrogens (tertiary/aromatic N) is 3. The van der Waals surface area contributed by atoms with E-state index in [1.165, 1.54) is 11.1 Å². The maximum absolute atomic E-state index is 12.9. The first-order valence-electron chi connectivity index (χ1n) is 11.0. The number of amides is 2. The van der Waals surface area contributed by atoms with Gasteiger partial charge >= 0.3 is 0 Å². The van der Waals surface area contributed by atoms with Gasteiger partial charge in [0.1, 0.15) is 6.04 Å². The lowest BCUT2D eigenvalue weighted by Crippen LogP contribution is -2.49. The standard InChI is InChI=1S/C23H36N4O2/c1-5-26(6-2)21(28)12-11-19-15-24-23(29)22-20(25(19)4)13-14-27(22)16-18-9-7-17(3)8-10-18/h7-10,19-20,22H,5-6,11-16H2,1-4H3,(H,24,29)/t19-,20-,22-/m1/s1. The van der Waals surface area contributed by atoms with E-state index in [9.17, 15) is 9.59 Å². The van der Waals surface area contributed by atoms with E-state index in [0.717, 1.165) is 39.0 Å². The molecule has 29 heavy (non-hydrogen) atoms. The number of benzene rings is 1. The molecule has 1 N–H and O–H groups in total. The molecule has 2 saturated heterocycles. The van der Waals surface area contributed by atoms with Crippen molar-refractivity contribution in [3.8, 4) is 0 Å². The van der Waals surface area contributed by atoms with Crippen LogP contribution in [0.5, 0.6) is 0 Å². The zero-order chi connectivity index (χ0) is 21.0. The summed E-state index contributed by atoms with van der Waals surface area (Å²) in [6.45, 7) is 9.98. The van der Waals surface area contributed by atoms with Crippen molar-refractivity contribution in [2.24, 2.45) is 0 Å². The van der Waals surface area contributed by atoms with Gasteiger partial charge in [0.05, 0.1) is 0 Å². The number of nitrogens with one attached hydrogen (secondary N) is 1. The minimum Gasteiger partial charge on any atom is -0.353 e. The van der Waals surface area contributed by atoms with E-state index in [1.54, 1.807) is 0 Å². The molecule has 2 amide bonds. The SMILES string of the molecule is CCN(CC)C(=O)CC[C@@H]1CNC(=O)[C@H]2[C@@H](CCN2Cc2ccc(C)cc2)N1C. The number of aryl methyl sites for hydroxylation is 1. The Morgan fingerprint density at radius 3 is 2.55 bits per heavy atom. The summed E-state index contributed by atoms with van der Waals surface area (Å²) in [5.41, 5.74) is 2.50. The molecule has 6 nitrogen and oxygen atoms in total. The molecule has 3 atom stereocenters. The topological polar surface area (TPSA) is 55.9 Å². The van der Waals surface area contributed by atoms with Crippen LogP contribution >= 0.6 is 0 Å². The van der Waals surface area contributed by atoms with Gasteiger partial charge in [-0.25, -0.2) is 0 Å². The van der Waals surface area contributed by atoms with Crippen LogP contribution in [0.25, 0.3) is 0 Å². The van der Waals surface area contributed by atoms with Gasteiger partial charge in [-0.05, 0) is 46.2 Å². The van der Waals surface area contributed by atoms with Crippen molar-refractivity contribution in [3.05, 3.63) is 35.4 Å². The second kappa shape index (κ2) is 9.72. The molecule has 2 heterocycles. The fourth-order valence-corrected chi connectivity index (χ4v) is 4.78. The van der Waals surface area contributed by atoms with Crippen LogP contribution in [0, 0.1) is 6.92 Å². The van der Waals surface area contributed by atoms with Crippen molar-refractivity contribution in [2.75, 3.05) is 33.2 Å². The molecule has 3 rings (SSSR count). The van der Waals surface area contributed by atoms with Crippen molar-refractivity contribution in [1.82, 2.24) is 20.0 Å². The minimum atomic E-state index is -0.121. The maximum Gasteiger partial charge on any atom is 0.239 e. The van der Waals surface area contributed by atoms with Crippen LogP contribution in [0.15, 0.2) is 24.3 Å². The van der Waals surface area contributed by atoms with E-state index in [0.29, 0.717) is 13.0 Å². The molecule has 1 aromatic carbocycles. The summed E-state index contributed by atoms with van der Waals surface area (Å²) in [6.07, 6.45) is 2.31. The Hall–Kier alpha value is -1.92. The van der Waals surface area contributed by atoms with Crippen LogP contribution in [-0.2, 0) is 16.1 Å². The lowest BCUT2D eigenvalue weighted by atomic mass is 10.0. The lowest BCUT2D eigenvalue weighted by molar-refractivity contribution is -0.131. The molecule has 0 aliphatic carbocycles. The molecule has 0 aromatic heterocycles. The Bertz CT molecular complexity index is 701. The molecule has 0 spiro atoms. The third-order valence-electron chi connectivity index (χ3n) is 6.66. The summed E-state index contributed by atoms with van der Waals surface area (Å²) in [7, 11) is 2.12. The van der Waals surface area contributed by atoms with Crippen LogP contribution in [0.2, 0.25) is 0 Å². The Labute approximate surface area is 175 Å². The molecule has 0 saturated carbocycles. The van der Waals surface area contributed by atoms with Crippen LogP contribution in [-0.4, -0.2) is 77.9 Å². The number of fused-ring (bicyclic) bond motifs is 1. The van der Waals surface area contributed by atoms with Gasteiger partial charge in [-0.2, -0.15) is 0 Å². The van der Waals surface area contributed by atoms with Crippen molar-refractivity contribution in [2.45, 2.75) is 64.7 Å². The van der Waals surface area contributed by atoms with E-state index in [4.69, 9.17) is 0 Å². The third kappa shape index (κ3) is 4.98. The van der Waals surface area contributed by atoms with E-state index in [2.05, 4.69) is 53.4 Å². The van der Waals surface area contributed by atoms with Gasteiger partial charge in [-0.3, -0.25) is 19.4 Å². The fourth-order valence-electron chi connectivity index (χ4n) is 4.78. The molecule has 2 fully saturated rings. The first-order valence-corrected chi connectivity index (χ1v) is 11.0. The molecule has 0 radical (unpaired) electrons. The normalized spacial score (nSPS) is 25.4. The predicted molar refractivity (Wildman–Crippen MR) is 116 cm³/mol. The Morgan fingerprint density at radius 1 is 1.21 bits per heavy atom. The molecule has 0 bridgehead atoms. The smallest absolute Gasteiger partial charge is 0.239 e. The number of likely N-dealkylation sites (N-methyl/N-ethyl adjacent to an activating group) is 1. The molecule has 0 unspecified atom stereocenters. The van der Waals surface area contributed by atoms with E-state index < -0.39 is 0 Å². The zero-order valence-corrected chi connectivity index (χ0v) is 18.4. The number of carbonyl (C=O) groups excluding carboxylic acids is 2. The van der Waals surface area contributed by atoms with E-state index >= 15 is 0 Å². The van der Waals surface area contributed by atoms with E-state index in [1.807, 2.05) is 18.7 Å². The fraction of sp³-hybridized carbons (Fsp3) is 0.652. The average Bonchev–Trinajstić information content (AvgIpc) is 3.08. The summed E-state index contributed by atoms with van der Waals surface area (Å²) >= 11 is 0. The second-order valence-corrected chi connectivity index (χ2v) is 8.43. The summed E-state index contributed by atoms with van der Waals surface area (Å²) in [5, 5.41) is 3.16. The highest BCUT2D eigenvalue weighted by Gasteiger charge is 2.44. The number of carbonyl (C=O) groups is 2. The second-order valence-electron chi connectivity index (χ2n) is 8.43. The van der Waals surface area contributed by atoms with Gasteiger partial charge in [0.15, 0.2) is 0 Å². The summed E-state index contributed by atoms with van der Waals surface area (Å²) in [5.74, 6) is 0.340.